The van der Waals surface area contributed by atoms with Gasteiger partial charge >= 0.3 is 5.97 Å². The first-order valence-corrected chi connectivity index (χ1v) is 9.13. The summed E-state index contributed by atoms with van der Waals surface area (Å²) in [6, 6.07) is -4.74. The number of carbonyl (C=O) groups excluding carboxylic acids is 4. The highest BCUT2D eigenvalue weighted by atomic mass is 16.4. The second kappa shape index (κ2) is 12.0. The lowest BCUT2D eigenvalue weighted by molar-refractivity contribution is -0.143. The molecule has 9 N–H and O–H groups in total. The molecule has 166 valence electrons. The lowest BCUT2D eigenvalue weighted by atomic mass is 10.0. The van der Waals surface area contributed by atoms with E-state index >= 15 is 0 Å². The molecule has 0 fully saturated rings. The molecule has 12 heteroatoms. The van der Waals surface area contributed by atoms with Crippen LogP contribution < -0.4 is 27.4 Å². The number of aliphatic hydroxyl groups is 1. The van der Waals surface area contributed by atoms with Crippen molar-refractivity contribution in [2.45, 2.75) is 70.8 Å². The van der Waals surface area contributed by atoms with Gasteiger partial charge in [-0.2, -0.15) is 0 Å². The maximum atomic E-state index is 12.5. The van der Waals surface area contributed by atoms with E-state index in [0.29, 0.717) is 0 Å². The van der Waals surface area contributed by atoms with Crippen molar-refractivity contribution in [1.29, 1.82) is 0 Å². The Balaban J connectivity index is 5.05. The molecule has 0 aliphatic rings. The number of nitrogens with one attached hydrogen (secondary N) is 3. The molecule has 29 heavy (non-hydrogen) atoms. The number of aliphatic carboxylic acids is 1. The van der Waals surface area contributed by atoms with Crippen LogP contribution in [0, 0.1) is 5.92 Å². The number of amides is 4. The van der Waals surface area contributed by atoms with Gasteiger partial charge in [-0.1, -0.05) is 13.8 Å². The molecule has 0 spiro atoms. The summed E-state index contributed by atoms with van der Waals surface area (Å²) in [5.74, 6) is -4.67. The Morgan fingerprint density at radius 3 is 1.86 bits per heavy atom. The molecule has 12 nitrogen and oxygen atoms in total. The van der Waals surface area contributed by atoms with Gasteiger partial charge in [-0.3, -0.25) is 19.2 Å². The number of primary amides is 1. The topological polar surface area (TPSA) is 214 Å². The van der Waals surface area contributed by atoms with Crippen LogP contribution in [0.5, 0.6) is 0 Å². The summed E-state index contributed by atoms with van der Waals surface area (Å²) >= 11 is 0. The van der Waals surface area contributed by atoms with Crippen LogP contribution in [0.2, 0.25) is 0 Å². The average molecular weight is 417 g/mol. The molecule has 0 heterocycles. The first-order valence-electron chi connectivity index (χ1n) is 9.13. The maximum Gasteiger partial charge on any atom is 0.326 e. The van der Waals surface area contributed by atoms with Gasteiger partial charge in [0.1, 0.15) is 24.2 Å². The summed E-state index contributed by atoms with van der Waals surface area (Å²) < 4.78 is 0. The third-order valence-corrected chi connectivity index (χ3v) is 4.12. The molecule has 0 aliphatic heterocycles. The number of carboxylic acid groups (broad SMARTS) is 1. The highest BCUT2D eigenvalue weighted by Crippen LogP contribution is 2.05. The second-order valence-corrected chi connectivity index (χ2v) is 7.13. The van der Waals surface area contributed by atoms with Crippen molar-refractivity contribution in [3.05, 3.63) is 0 Å². The first-order chi connectivity index (χ1) is 13.3. The predicted molar refractivity (Wildman–Crippen MR) is 102 cm³/mol. The van der Waals surface area contributed by atoms with Crippen LogP contribution in [0.1, 0.15) is 40.5 Å². The average Bonchev–Trinajstić information content (AvgIpc) is 2.60. The molecule has 0 aromatic carbocycles. The number of rotatable bonds is 12. The molecule has 0 bridgehead atoms. The van der Waals surface area contributed by atoms with Gasteiger partial charge in [-0.15, -0.1) is 0 Å². The van der Waals surface area contributed by atoms with Crippen molar-refractivity contribution < 1.29 is 34.2 Å². The zero-order valence-corrected chi connectivity index (χ0v) is 17.0. The fourth-order valence-corrected chi connectivity index (χ4v) is 2.21. The van der Waals surface area contributed by atoms with Gasteiger partial charge in [0, 0.05) is 6.42 Å². The fraction of sp³-hybridized carbons (Fsp3) is 0.706. The molecule has 0 saturated heterocycles. The number of hydrogen-bond acceptors (Lipinski definition) is 7. The van der Waals surface area contributed by atoms with Crippen molar-refractivity contribution in [2.75, 3.05) is 0 Å². The zero-order valence-electron chi connectivity index (χ0n) is 17.0. The highest BCUT2D eigenvalue weighted by molar-refractivity contribution is 5.94. The maximum absolute atomic E-state index is 12.5. The van der Waals surface area contributed by atoms with Crippen molar-refractivity contribution >= 4 is 29.6 Å². The summed E-state index contributed by atoms with van der Waals surface area (Å²) in [4.78, 5) is 58.8. The Bertz CT molecular complexity index is 623. The Hall–Kier alpha value is -2.73. The van der Waals surface area contributed by atoms with Gasteiger partial charge < -0.3 is 37.6 Å². The number of aliphatic hydroxyl groups excluding tert-OH is 1. The third kappa shape index (κ3) is 9.34. The van der Waals surface area contributed by atoms with Crippen LogP contribution in [0.3, 0.4) is 0 Å². The van der Waals surface area contributed by atoms with Gasteiger partial charge in [0.25, 0.3) is 0 Å². The van der Waals surface area contributed by atoms with E-state index in [0.717, 1.165) is 0 Å². The number of carbonyl (C=O) groups is 5. The van der Waals surface area contributed by atoms with Crippen LogP contribution in [0.25, 0.3) is 0 Å². The van der Waals surface area contributed by atoms with E-state index in [1.807, 2.05) is 0 Å². The molecule has 0 aromatic heterocycles. The summed E-state index contributed by atoms with van der Waals surface area (Å²) in [7, 11) is 0. The Morgan fingerprint density at radius 1 is 0.897 bits per heavy atom. The summed E-state index contributed by atoms with van der Waals surface area (Å²) in [6.45, 7) is 5.96. The quantitative estimate of drug-likeness (QED) is 0.175. The van der Waals surface area contributed by atoms with Crippen LogP contribution in [0.15, 0.2) is 0 Å². The van der Waals surface area contributed by atoms with Gasteiger partial charge in [0.2, 0.25) is 23.6 Å². The van der Waals surface area contributed by atoms with Crippen LogP contribution in [0.4, 0.5) is 0 Å². The van der Waals surface area contributed by atoms with E-state index in [9.17, 15) is 34.2 Å². The molecule has 0 aromatic rings. The van der Waals surface area contributed by atoms with Crippen molar-refractivity contribution in [1.82, 2.24) is 16.0 Å². The Kier molecular flexibility index (Phi) is 10.8. The lowest BCUT2D eigenvalue weighted by Crippen LogP contribution is -2.58. The van der Waals surface area contributed by atoms with Crippen LogP contribution in [-0.2, 0) is 24.0 Å². The van der Waals surface area contributed by atoms with E-state index in [2.05, 4.69) is 16.0 Å². The van der Waals surface area contributed by atoms with E-state index in [-0.39, 0.29) is 12.8 Å². The van der Waals surface area contributed by atoms with E-state index in [4.69, 9.17) is 11.5 Å². The summed E-state index contributed by atoms with van der Waals surface area (Å²) in [6.07, 6.45) is -1.55. The van der Waals surface area contributed by atoms with Crippen molar-refractivity contribution in [2.24, 2.45) is 17.4 Å². The smallest absolute Gasteiger partial charge is 0.326 e. The van der Waals surface area contributed by atoms with E-state index < -0.39 is 65.8 Å². The van der Waals surface area contributed by atoms with Crippen LogP contribution >= 0.6 is 0 Å². The monoisotopic (exact) mass is 417 g/mol. The normalized spacial score (nSPS) is 16.1. The minimum Gasteiger partial charge on any atom is -0.480 e. The molecule has 0 aliphatic carbocycles. The summed E-state index contributed by atoms with van der Waals surface area (Å²) in [5.41, 5.74) is 10.5. The first kappa shape index (κ1) is 26.3. The van der Waals surface area contributed by atoms with E-state index in [1.165, 1.54) is 13.8 Å². The zero-order chi connectivity index (χ0) is 22.9. The largest absolute Gasteiger partial charge is 0.480 e. The standard InChI is InChI=1S/C17H31N5O7/c1-7(2)13(16(27)21-10(17(28)29)5-6-11(18)24)22-14(25)8(3)20-15(26)12(19)9(4)23/h7-10,12-13,23H,5-6,19H2,1-4H3,(H2,18,24)(H,20,26)(H,21,27)(H,22,25)(H,28,29). The molecular formula is C17H31N5O7. The molecule has 0 rings (SSSR count). The minimum atomic E-state index is -1.35. The number of hydrogen-bond donors (Lipinski definition) is 7. The molecule has 5 unspecified atom stereocenters. The fourth-order valence-electron chi connectivity index (χ4n) is 2.21. The molecular weight excluding hydrogens is 386 g/mol. The Morgan fingerprint density at radius 2 is 1.45 bits per heavy atom. The number of carboxylic acids is 1. The van der Waals surface area contributed by atoms with E-state index in [1.54, 1.807) is 13.8 Å². The van der Waals surface area contributed by atoms with Crippen molar-refractivity contribution in [3.63, 3.8) is 0 Å². The highest BCUT2D eigenvalue weighted by Gasteiger charge is 2.31. The number of nitrogens with two attached hydrogens (primary N) is 2. The van der Waals surface area contributed by atoms with Crippen LogP contribution in [-0.4, -0.2) is 70.1 Å². The molecule has 0 radical (unpaired) electrons. The SMILES string of the molecule is CC(NC(=O)C(N)C(C)O)C(=O)NC(C(=O)NC(CCC(N)=O)C(=O)O)C(C)C. The minimum absolute atomic E-state index is 0.196. The third-order valence-electron chi connectivity index (χ3n) is 4.12. The van der Waals surface area contributed by atoms with Crippen molar-refractivity contribution in [3.8, 4) is 0 Å². The molecule has 5 atom stereocenters. The molecule has 0 saturated carbocycles. The van der Waals surface area contributed by atoms with Gasteiger partial charge in [0.05, 0.1) is 6.10 Å². The molecule has 4 amide bonds. The summed E-state index contributed by atoms with van der Waals surface area (Å²) in [5, 5.41) is 25.5. The van der Waals surface area contributed by atoms with Gasteiger partial charge in [0.15, 0.2) is 0 Å². The second-order valence-electron chi connectivity index (χ2n) is 7.13. The predicted octanol–water partition coefficient (Wildman–Crippen LogP) is -2.83. The Labute approximate surface area is 168 Å². The van der Waals surface area contributed by atoms with Gasteiger partial charge in [-0.25, -0.2) is 4.79 Å². The van der Waals surface area contributed by atoms with Gasteiger partial charge in [-0.05, 0) is 26.2 Å². The lowest BCUT2D eigenvalue weighted by Gasteiger charge is -2.26.